The molecule has 2 aliphatic rings. The van der Waals surface area contributed by atoms with Gasteiger partial charge in [0.05, 0.1) is 0 Å². The van der Waals surface area contributed by atoms with Crippen LogP contribution in [0.4, 0.5) is 9.18 Å². The van der Waals surface area contributed by atoms with Gasteiger partial charge in [-0.1, -0.05) is 31.9 Å². The number of imide groups is 1. The van der Waals surface area contributed by atoms with E-state index >= 15 is 0 Å². The summed E-state index contributed by atoms with van der Waals surface area (Å²) in [5.74, 6) is -1.44. The molecular formula is C18H21FN2O4. The Morgan fingerprint density at radius 2 is 2.20 bits per heavy atom. The lowest BCUT2D eigenvalue weighted by atomic mass is 9.73. The maximum atomic E-state index is 13.1. The van der Waals surface area contributed by atoms with E-state index in [4.69, 9.17) is 4.74 Å². The number of nitrogens with zero attached hydrogens (tertiary/aromatic N) is 1. The first-order valence-corrected chi connectivity index (χ1v) is 8.46. The fourth-order valence-electron chi connectivity index (χ4n) is 3.60. The summed E-state index contributed by atoms with van der Waals surface area (Å²) < 4.78 is 18.2. The summed E-state index contributed by atoms with van der Waals surface area (Å²) in [4.78, 5) is 37.9. The minimum Gasteiger partial charge on any atom is -0.459 e. The van der Waals surface area contributed by atoms with E-state index in [1.807, 2.05) is 6.92 Å². The molecule has 1 aliphatic heterocycles. The van der Waals surface area contributed by atoms with Crippen molar-refractivity contribution in [1.29, 1.82) is 0 Å². The van der Waals surface area contributed by atoms with Crippen LogP contribution >= 0.6 is 0 Å². The average molecular weight is 348 g/mol. The molecule has 2 atom stereocenters. The van der Waals surface area contributed by atoms with E-state index in [-0.39, 0.29) is 18.4 Å². The van der Waals surface area contributed by atoms with Crippen LogP contribution in [0.5, 0.6) is 0 Å². The molecule has 1 saturated heterocycles. The molecule has 0 unspecified atom stereocenters. The van der Waals surface area contributed by atoms with Crippen molar-refractivity contribution in [2.75, 3.05) is 6.54 Å². The van der Waals surface area contributed by atoms with Crippen LogP contribution in [0.2, 0.25) is 0 Å². The molecule has 6 nitrogen and oxygen atoms in total. The highest BCUT2D eigenvalue weighted by atomic mass is 19.1. The highest BCUT2D eigenvalue weighted by Crippen LogP contribution is 2.38. The van der Waals surface area contributed by atoms with Gasteiger partial charge < -0.3 is 10.1 Å². The molecule has 1 saturated carbocycles. The normalized spacial score (nSPS) is 26.0. The van der Waals surface area contributed by atoms with Crippen LogP contribution in [0.3, 0.4) is 0 Å². The Balaban J connectivity index is 1.61. The summed E-state index contributed by atoms with van der Waals surface area (Å²) in [5, 5.41) is 2.79. The van der Waals surface area contributed by atoms with Gasteiger partial charge in [0.1, 0.15) is 24.5 Å². The molecule has 1 aromatic carbocycles. The third-order valence-electron chi connectivity index (χ3n) is 5.08. The molecule has 134 valence electrons. The maximum absolute atomic E-state index is 13.1. The van der Waals surface area contributed by atoms with E-state index in [1.165, 1.54) is 18.2 Å². The number of carbonyl (C=O) groups is 3. The van der Waals surface area contributed by atoms with Gasteiger partial charge >= 0.3 is 12.0 Å². The minimum absolute atomic E-state index is 0.0333. The van der Waals surface area contributed by atoms with E-state index in [0.29, 0.717) is 12.0 Å². The Kier molecular flexibility index (Phi) is 4.74. The van der Waals surface area contributed by atoms with Gasteiger partial charge in [0.2, 0.25) is 0 Å². The van der Waals surface area contributed by atoms with Gasteiger partial charge in [-0.15, -0.1) is 0 Å². The molecule has 1 heterocycles. The number of ether oxygens (including phenoxy) is 1. The fourth-order valence-corrected chi connectivity index (χ4v) is 3.60. The maximum Gasteiger partial charge on any atom is 0.326 e. The second-order valence-corrected chi connectivity index (χ2v) is 6.73. The Labute approximate surface area is 145 Å². The van der Waals surface area contributed by atoms with Gasteiger partial charge in [0.25, 0.3) is 5.91 Å². The molecule has 3 amide bonds. The van der Waals surface area contributed by atoms with Gasteiger partial charge in [0.15, 0.2) is 0 Å². The molecule has 1 aliphatic carbocycles. The Morgan fingerprint density at radius 1 is 1.40 bits per heavy atom. The molecule has 7 heteroatoms. The SMILES string of the molecule is C[C@@H]1CCCC[C@]12NC(=O)N(CC(=O)OCc1cccc(F)c1)C2=O. The molecule has 3 rings (SSSR count). The molecule has 1 spiro atoms. The first-order chi connectivity index (χ1) is 11.9. The third-order valence-corrected chi connectivity index (χ3v) is 5.08. The summed E-state index contributed by atoms with van der Waals surface area (Å²) in [5.41, 5.74) is -0.388. The van der Waals surface area contributed by atoms with E-state index < -0.39 is 29.9 Å². The number of esters is 1. The number of urea groups is 1. The quantitative estimate of drug-likeness (QED) is 0.669. The number of nitrogens with one attached hydrogen (secondary N) is 1. The molecule has 0 aromatic heterocycles. The molecular weight excluding hydrogens is 327 g/mol. The molecule has 0 radical (unpaired) electrons. The van der Waals surface area contributed by atoms with Gasteiger partial charge in [-0.05, 0) is 36.5 Å². The lowest BCUT2D eigenvalue weighted by Gasteiger charge is -2.36. The summed E-state index contributed by atoms with van der Waals surface area (Å²) in [6.45, 7) is 1.40. The van der Waals surface area contributed by atoms with Crippen LogP contribution in [0.25, 0.3) is 0 Å². The van der Waals surface area contributed by atoms with Crippen molar-refractivity contribution in [2.45, 2.75) is 44.8 Å². The number of rotatable bonds is 4. The van der Waals surface area contributed by atoms with Crippen molar-refractivity contribution < 1.29 is 23.5 Å². The van der Waals surface area contributed by atoms with Crippen molar-refractivity contribution in [3.05, 3.63) is 35.6 Å². The van der Waals surface area contributed by atoms with E-state index in [9.17, 15) is 18.8 Å². The highest BCUT2D eigenvalue weighted by Gasteiger charge is 2.55. The van der Waals surface area contributed by atoms with E-state index in [2.05, 4.69) is 5.32 Å². The standard InChI is InChI=1S/C18H21FN2O4/c1-12-5-2-3-8-18(12)16(23)21(17(24)20-18)10-15(22)25-11-13-6-4-7-14(19)9-13/h4,6-7,9,12H,2-3,5,8,10-11H2,1H3,(H,20,24)/t12-,18+/m1/s1. The smallest absolute Gasteiger partial charge is 0.326 e. The van der Waals surface area contributed by atoms with Gasteiger partial charge in [-0.3, -0.25) is 14.5 Å². The van der Waals surface area contributed by atoms with Gasteiger partial charge in [-0.2, -0.15) is 0 Å². The molecule has 0 bridgehead atoms. The lowest BCUT2D eigenvalue weighted by molar-refractivity contribution is -0.149. The van der Waals surface area contributed by atoms with Crippen LogP contribution in [0, 0.1) is 11.7 Å². The largest absolute Gasteiger partial charge is 0.459 e. The fraction of sp³-hybridized carbons (Fsp3) is 0.500. The lowest BCUT2D eigenvalue weighted by Crippen LogP contribution is -2.54. The zero-order valence-electron chi connectivity index (χ0n) is 14.1. The second kappa shape index (κ2) is 6.82. The van der Waals surface area contributed by atoms with Crippen molar-refractivity contribution in [1.82, 2.24) is 10.2 Å². The van der Waals surface area contributed by atoms with Crippen LogP contribution in [-0.4, -0.2) is 34.9 Å². The summed E-state index contributed by atoms with van der Waals surface area (Å²) >= 11 is 0. The molecule has 1 N–H and O–H groups in total. The number of hydrogen-bond donors (Lipinski definition) is 1. The predicted molar refractivity (Wildman–Crippen MR) is 86.8 cm³/mol. The summed E-state index contributed by atoms with van der Waals surface area (Å²) in [7, 11) is 0. The van der Waals surface area contributed by atoms with E-state index in [0.717, 1.165) is 24.2 Å². The number of carbonyl (C=O) groups excluding carboxylic acids is 3. The second-order valence-electron chi connectivity index (χ2n) is 6.73. The van der Waals surface area contributed by atoms with Crippen LogP contribution < -0.4 is 5.32 Å². The summed E-state index contributed by atoms with van der Waals surface area (Å²) in [6, 6.07) is 5.15. The number of benzene rings is 1. The van der Waals surface area contributed by atoms with Crippen molar-refractivity contribution >= 4 is 17.9 Å². The topological polar surface area (TPSA) is 75.7 Å². The zero-order valence-corrected chi connectivity index (χ0v) is 14.1. The Bertz CT molecular complexity index is 708. The van der Waals surface area contributed by atoms with E-state index in [1.54, 1.807) is 6.07 Å². The summed E-state index contributed by atoms with van der Waals surface area (Å²) in [6.07, 6.45) is 3.35. The van der Waals surface area contributed by atoms with Crippen LogP contribution in [-0.2, 0) is 20.9 Å². The number of amides is 3. The monoisotopic (exact) mass is 348 g/mol. The Hall–Kier alpha value is -2.44. The molecule has 1 aromatic rings. The van der Waals surface area contributed by atoms with Crippen LogP contribution in [0.1, 0.15) is 38.2 Å². The van der Waals surface area contributed by atoms with Crippen molar-refractivity contribution in [2.24, 2.45) is 5.92 Å². The Morgan fingerprint density at radius 3 is 2.92 bits per heavy atom. The molecule has 25 heavy (non-hydrogen) atoms. The third kappa shape index (κ3) is 3.36. The van der Waals surface area contributed by atoms with Crippen molar-refractivity contribution in [3.63, 3.8) is 0 Å². The first kappa shape index (κ1) is 17.4. The number of hydrogen-bond acceptors (Lipinski definition) is 4. The van der Waals surface area contributed by atoms with Gasteiger partial charge in [-0.25, -0.2) is 9.18 Å². The number of halogens is 1. The highest BCUT2D eigenvalue weighted by molar-refractivity contribution is 6.08. The first-order valence-electron chi connectivity index (χ1n) is 8.46. The van der Waals surface area contributed by atoms with Gasteiger partial charge in [0, 0.05) is 0 Å². The predicted octanol–water partition coefficient (Wildman–Crippen LogP) is 2.37. The van der Waals surface area contributed by atoms with Crippen LogP contribution in [0.15, 0.2) is 24.3 Å². The minimum atomic E-state index is -0.891. The zero-order chi connectivity index (χ0) is 18.0. The van der Waals surface area contributed by atoms with Crippen molar-refractivity contribution in [3.8, 4) is 0 Å². The average Bonchev–Trinajstić information content (AvgIpc) is 2.81. The molecule has 2 fully saturated rings.